The van der Waals surface area contributed by atoms with Crippen LogP contribution in [0.4, 0.5) is 10.1 Å². The van der Waals surface area contributed by atoms with Crippen molar-refractivity contribution in [1.82, 2.24) is 0 Å². The van der Waals surface area contributed by atoms with E-state index in [1.54, 1.807) is 12.1 Å². The first-order valence-corrected chi connectivity index (χ1v) is 6.47. The van der Waals surface area contributed by atoms with E-state index < -0.39 is 0 Å². The molecule has 3 heteroatoms. The molecule has 1 aromatic carbocycles. The molecule has 0 heterocycles. The van der Waals surface area contributed by atoms with E-state index in [1.165, 1.54) is 12.5 Å². The summed E-state index contributed by atoms with van der Waals surface area (Å²) in [6, 6.07) is 5.42. The third-order valence-corrected chi connectivity index (χ3v) is 3.75. The van der Waals surface area contributed by atoms with Gasteiger partial charge in [-0.3, -0.25) is 0 Å². The minimum Gasteiger partial charge on any atom is -0.380 e. The van der Waals surface area contributed by atoms with E-state index in [1.807, 2.05) is 0 Å². The van der Waals surface area contributed by atoms with Crippen LogP contribution in [0, 0.1) is 11.2 Å². The smallest absolute Gasteiger partial charge is 0.146 e. The first kappa shape index (κ1) is 11.9. The highest BCUT2D eigenvalue weighted by Gasteiger charge is 2.31. The van der Waals surface area contributed by atoms with E-state index in [2.05, 4.69) is 35.1 Å². The number of hydrogen-bond acceptors (Lipinski definition) is 1. The molecule has 1 aromatic rings. The SMILES string of the molecule is CC1(C)CCC(Nc2cc(Br)ccc2F)C1. The van der Waals surface area contributed by atoms with E-state index in [4.69, 9.17) is 0 Å². The van der Waals surface area contributed by atoms with Gasteiger partial charge in [-0.2, -0.15) is 0 Å². The molecule has 0 spiro atoms. The van der Waals surface area contributed by atoms with Gasteiger partial charge in [-0.15, -0.1) is 0 Å². The summed E-state index contributed by atoms with van der Waals surface area (Å²) < 4.78 is 14.4. The Kier molecular flexibility index (Phi) is 3.24. The molecule has 0 amide bonds. The van der Waals surface area contributed by atoms with Crippen molar-refractivity contribution >= 4 is 21.6 Å². The zero-order valence-corrected chi connectivity index (χ0v) is 11.3. The highest BCUT2D eigenvalue weighted by Crippen LogP contribution is 2.38. The molecular formula is C13H17BrFN. The average molecular weight is 286 g/mol. The van der Waals surface area contributed by atoms with Gasteiger partial charge in [-0.05, 0) is 42.9 Å². The van der Waals surface area contributed by atoms with E-state index in [0.717, 1.165) is 17.3 Å². The molecule has 0 aromatic heterocycles. The minimum absolute atomic E-state index is 0.173. The maximum absolute atomic E-state index is 13.5. The van der Waals surface area contributed by atoms with Gasteiger partial charge in [-0.1, -0.05) is 29.8 Å². The number of rotatable bonds is 2. The first-order chi connectivity index (χ1) is 7.46. The summed E-state index contributed by atoms with van der Waals surface area (Å²) in [4.78, 5) is 0. The predicted octanol–water partition coefficient (Wildman–Crippen LogP) is 4.58. The largest absolute Gasteiger partial charge is 0.380 e. The molecule has 1 unspecified atom stereocenters. The molecule has 1 aliphatic rings. The Morgan fingerprint density at radius 1 is 1.44 bits per heavy atom. The molecule has 1 N–H and O–H groups in total. The fourth-order valence-electron chi connectivity index (χ4n) is 2.39. The molecular weight excluding hydrogens is 269 g/mol. The van der Waals surface area contributed by atoms with Crippen molar-refractivity contribution < 1.29 is 4.39 Å². The van der Waals surface area contributed by atoms with Gasteiger partial charge >= 0.3 is 0 Å². The Labute approximate surface area is 105 Å². The molecule has 0 aliphatic heterocycles. The molecule has 1 aliphatic carbocycles. The topological polar surface area (TPSA) is 12.0 Å². The van der Waals surface area contributed by atoms with Crippen molar-refractivity contribution in [3.8, 4) is 0 Å². The molecule has 0 radical (unpaired) electrons. The lowest BCUT2D eigenvalue weighted by atomic mass is 9.92. The van der Waals surface area contributed by atoms with Gasteiger partial charge in [0.05, 0.1) is 5.69 Å². The number of hydrogen-bond donors (Lipinski definition) is 1. The van der Waals surface area contributed by atoms with Gasteiger partial charge in [0.1, 0.15) is 5.82 Å². The van der Waals surface area contributed by atoms with Gasteiger partial charge in [0, 0.05) is 10.5 Å². The molecule has 2 rings (SSSR count). The lowest BCUT2D eigenvalue weighted by Gasteiger charge is -2.19. The maximum atomic E-state index is 13.5. The first-order valence-electron chi connectivity index (χ1n) is 5.68. The van der Waals surface area contributed by atoms with Gasteiger partial charge in [0.2, 0.25) is 0 Å². The molecule has 1 atom stereocenters. The molecule has 16 heavy (non-hydrogen) atoms. The molecule has 1 nitrogen and oxygen atoms in total. The summed E-state index contributed by atoms with van der Waals surface area (Å²) in [5, 5.41) is 3.30. The lowest BCUT2D eigenvalue weighted by Crippen LogP contribution is -2.18. The second-order valence-corrected chi connectivity index (χ2v) is 6.29. The standard InChI is InChI=1S/C13H17BrFN/c1-13(2)6-5-10(8-13)16-12-7-9(14)3-4-11(12)15/h3-4,7,10,16H,5-6,8H2,1-2H3. The van der Waals surface area contributed by atoms with Crippen molar-refractivity contribution in [3.63, 3.8) is 0 Å². The van der Waals surface area contributed by atoms with Crippen molar-refractivity contribution in [2.75, 3.05) is 5.32 Å². The number of nitrogens with one attached hydrogen (secondary N) is 1. The molecule has 0 bridgehead atoms. The van der Waals surface area contributed by atoms with E-state index in [0.29, 0.717) is 17.1 Å². The zero-order valence-electron chi connectivity index (χ0n) is 9.69. The summed E-state index contributed by atoms with van der Waals surface area (Å²) in [7, 11) is 0. The highest BCUT2D eigenvalue weighted by molar-refractivity contribution is 9.10. The van der Waals surface area contributed by atoms with Crippen LogP contribution in [0.5, 0.6) is 0 Å². The second-order valence-electron chi connectivity index (χ2n) is 5.37. The molecule has 1 saturated carbocycles. The average Bonchev–Trinajstić information content (AvgIpc) is 2.52. The van der Waals surface area contributed by atoms with Crippen LogP contribution >= 0.6 is 15.9 Å². The van der Waals surface area contributed by atoms with Crippen LogP contribution in [0.3, 0.4) is 0 Å². The monoisotopic (exact) mass is 285 g/mol. The summed E-state index contributed by atoms with van der Waals surface area (Å²) in [6.45, 7) is 4.54. The third-order valence-electron chi connectivity index (χ3n) is 3.26. The summed E-state index contributed by atoms with van der Waals surface area (Å²) in [5.74, 6) is -0.173. The van der Waals surface area contributed by atoms with Crippen molar-refractivity contribution in [2.45, 2.75) is 39.2 Å². The maximum Gasteiger partial charge on any atom is 0.146 e. The van der Waals surface area contributed by atoms with Crippen LogP contribution in [0.25, 0.3) is 0 Å². The summed E-state index contributed by atoms with van der Waals surface area (Å²) in [5.41, 5.74) is 0.997. The van der Waals surface area contributed by atoms with Crippen LogP contribution in [-0.2, 0) is 0 Å². The second kappa shape index (κ2) is 4.36. The Balaban J connectivity index is 2.07. The Morgan fingerprint density at radius 3 is 2.81 bits per heavy atom. The molecule has 1 fully saturated rings. The summed E-state index contributed by atoms with van der Waals surface area (Å²) in [6.07, 6.45) is 3.44. The number of anilines is 1. The number of halogens is 2. The number of benzene rings is 1. The fraction of sp³-hybridized carbons (Fsp3) is 0.538. The van der Waals surface area contributed by atoms with Gasteiger partial charge in [0.25, 0.3) is 0 Å². The van der Waals surface area contributed by atoms with Crippen LogP contribution in [0.2, 0.25) is 0 Å². The normalized spacial score (nSPS) is 23.4. The summed E-state index contributed by atoms with van der Waals surface area (Å²) >= 11 is 3.36. The minimum atomic E-state index is -0.173. The third kappa shape index (κ3) is 2.76. The Hall–Kier alpha value is -0.570. The predicted molar refractivity (Wildman–Crippen MR) is 69.1 cm³/mol. The van der Waals surface area contributed by atoms with Crippen molar-refractivity contribution in [3.05, 3.63) is 28.5 Å². The van der Waals surface area contributed by atoms with Gasteiger partial charge < -0.3 is 5.32 Å². The van der Waals surface area contributed by atoms with Gasteiger partial charge in [-0.25, -0.2) is 4.39 Å². The van der Waals surface area contributed by atoms with Crippen LogP contribution in [0.1, 0.15) is 33.1 Å². The highest BCUT2D eigenvalue weighted by atomic mass is 79.9. The lowest BCUT2D eigenvalue weighted by molar-refractivity contribution is 0.378. The van der Waals surface area contributed by atoms with Crippen LogP contribution in [-0.4, -0.2) is 6.04 Å². The Bertz CT molecular complexity index is 390. The molecule has 88 valence electrons. The van der Waals surface area contributed by atoms with Crippen molar-refractivity contribution in [2.24, 2.45) is 5.41 Å². The van der Waals surface area contributed by atoms with E-state index in [9.17, 15) is 4.39 Å². The van der Waals surface area contributed by atoms with Gasteiger partial charge in [0.15, 0.2) is 0 Å². The zero-order chi connectivity index (χ0) is 11.8. The molecule has 0 saturated heterocycles. The fourth-order valence-corrected chi connectivity index (χ4v) is 2.75. The van der Waals surface area contributed by atoms with Crippen LogP contribution < -0.4 is 5.32 Å². The quantitative estimate of drug-likeness (QED) is 0.839. The van der Waals surface area contributed by atoms with E-state index >= 15 is 0 Å². The van der Waals surface area contributed by atoms with Crippen molar-refractivity contribution in [1.29, 1.82) is 0 Å². The Morgan fingerprint density at radius 2 is 2.19 bits per heavy atom. The van der Waals surface area contributed by atoms with Crippen LogP contribution in [0.15, 0.2) is 22.7 Å². The van der Waals surface area contributed by atoms with E-state index in [-0.39, 0.29) is 5.82 Å².